The van der Waals surface area contributed by atoms with Crippen LogP contribution < -0.4 is 11.2 Å². The predicted molar refractivity (Wildman–Crippen MR) is 53.4 cm³/mol. The Balaban J connectivity index is 1.99. The zero-order valence-corrected chi connectivity index (χ0v) is 8.50. The van der Waals surface area contributed by atoms with Crippen LogP contribution in [0.25, 0.3) is 0 Å². The van der Waals surface area contributed by atoms with Gasteiger partial charge in [0.2, 0.25) is 5.91 Å². The minimum Gasteiger partial charge on any atom is -0.353 e. The molecule has 5 nitrogen and oxygen atoms in total. The van der Waals surface area contributed by atoms with Crippen LogP contribution in [0.1, 0.15) is 19.3 Å². The van der Waals surface area contributed by atoms with E-state index in [1.807, 2.05) is 0 Å². The molecule has 0 unspecified atom stereocenters. The van der Waals surface area contributed by atoms with Gasteiger partial charge < -0.3 is 10.2 Å². The van der Waals surface area contributed by atoms with Gasteiger partial charge in [0.05, 0.1) is 0 Å². The maximum absolute atomic E-state index is 11.0. The standard InChI is InChI=1S/C9H19N3O2/c10-14-8-9(13)11-4-7-12-5-2-1-3-6-12/h1-8,10H2,(H,11,13). The first-order valence-electron chi connectivity index (χ1n) is 5.13. The Labute approximate surface area is 84.5 Å². The van der Waals surface area contributed by atoms with Crippen LogP contribution >= 0.6 is 0 Å². The summed E-state index contributed by atoms with van der Waals surface area (Å²) < 4.78 is 0. The molecule has 0 atom stereocenters. The lowest BCUT2D eigenvalue weighted by Crippen LogP contribution is -2.38. The average Bonchev–Trinajstić information content (AvgIpc) is 2.20. The van der Waals surface area contributed by atoms with Crippen LogP contribution in [-0.2, 0) is 9.63 Å². The normalized spacial score (nSPS) is 18.1. The summed E-state index contributed by atoms with van der Waals surface area (Å²) in [5, 5.41) is 2.75. The predicted octanol–water partition coefficient (Wildman–Crippen LogP) is -0.521. The number of likely N-dealkylation sites (tertiary alicyclic amines) is 1. The van der Waals surface area contributed by atoms with Gasteiger partial charge in [-0.25, -0.2) is 5.90 Å². The highest BCUT2D eigenvalue weighted by Crippen LogP contribution is 2.07. The number of nitrogens with one attached hydrogen (secondary N) is 1. The fourth-order valence-electron chi connectivity index (χ4n) is 1.66. The van der Waals surface area contributed by atoms with Crippen LogP contribution in [0.2, 0.25) is 0 Å². The first-order chi connectivity index (χ1) is 6.83. The van der Waals surface area contributed by atoms with E-state index >= 15 is 0 Å². The van der Waals surface area contributed by atoms with Crippen molar-refractivity contribution in [2.75, 3.05) is 32.8 Å². The third-order valence-electron chi connectivity index (χ3n) is 2.41. The molecule has 1 fully saturated rings. The molecule has 5 heteroatoms. The Morgan fingerprint density at radius 3 is 2.71 bits per heavy atom. The minimum absolute atomic E-state index is 0.0556. The Morgan fingerprint density at radius 2 is 2.07 bits per heavy atom. The van der Waals surface area contributed by atoms with Crippen LogP contribution in [0, 0.1) is 0 Å². The SMILES string of the molecule is NOCC(=O)NCCN1CCCCC1. The molecule has 0 aromatic carbocycles. The summed E-state index contributed by atoms with van der Waals surface area (Å²) in [6.45, 7) is 3.87. The third-order valence-corrected chi connectivity index (χ3v) is 2.41. The van der Waals surface area contributed by atoms with E-state index < -0.39 is 0 Å². The van der Waals surface area contributed by atoms with Gasteiger partial charge in [0.15, 0.2) is 0 Å². The highest BCUT2D eigenvalue weighted by molar-refractivity contribution is 5.77. The minimum atomic E-state index is -0.149. The van der Waals surface area contributed by atoms with Crippen molar-refractivity contribution >= 4 is 5.91 Å². The second-order valence-corrected chi connectivity index (χ2v) is 3.56. The van der Waals surface area contributed by atoms with Crippen molar-refractivity contribution in [1.82, 2.24) is 10.2 Å². The highest BCUT2D eigenvalue weighted by Gasteiger charge is 2.09. The van der Waals surface area contributed by atoms with Crippen molar-refractivity contribution < 1.29 is 9.63 Å². The van der Waals surface area contributed by atoms with E-state index in [0.717, 1.165) is 19.6 Å². The lowest BCUT2D eigenvalue weighted by molar-refractivity contribution is -0.125. The zero-order valence-electron chi connectivity index (χ0n) is 8.50. The number of piperidine rings is 1. The summed E-state index contributed by atoms with van der Waals surface area (Å²) in [6.07, 6.45) is 3.89. The lowest BCUT2D eigenvalue weighted by Gasteiger charge is -2.26. The van der Waals surface area contributed by atoms with Crippen LogP contribution in [0.3, 0.4) is 0 Å². The topological polar surface area (TPSA) is 67.6 Å². The number of nitrogens with two attached hydrogens (primary N) is 1. The van der Waals surface area contributed by atoms with E-state index in [1.54, 1.807) is 0 Å². The molecule has 0 aliphatic carbocycles. The molecule has 1 heterocycles. The van der Waals surface area contributed by atoms with E-state index in [2.05, 4.69) is 15.1 Å². The number of nitrogens with zero attached hydrogens (tertiary/aromatic N) is 1. The first-order valence-corrected chi connectivity index (χ1v) is 5.13. The number of hydrogen-bond donors (Lipinski definition) is 2. The van der Waals surface area contributed by atoms with Crippen LogP contribution in [0.15, 0.2) is 0 Å². The molecule has 0 aromatic heterocycles. The first kappa shape index (κ1) is 11.4. The maximum Gasteiger partial charge on any atom is 0.248 e. The summed E-state index contributed by atoms with van der Waals surface area (Å²) in [7, 11) is 0. The van der Waals surface area contributed by atoms with Crippen molar-refractivity contribution in [3.8, 4) is 0 Å². The third kappa shape index (κ3) is 4.55. The second-order valence-electron chi connectivity index (χ2n) is 3.56. The molecule has 1 amide bonds. The van der Waals surface area contributed by atoms with Crippen molar-refractivity contribution in [3.63, 3.8) is 0 Å². The molecular weight excluding hydrogens is 182 g/mol. The van der Waals surface area contributed by atoms with Crippen molar-refractivity contribution in [3.05, 3.63) is 0 Å². The Hall–Kier alpha value is -0.650. The molecule has 0 spiro atoms. The monoisotopic (exact) mass is 201 g/mol. The molecule has 1 saturated heterocycles. The summed E-state index contributed by atoms with van der Waals surface area (Å²) in [6, 6.07) is 0. The van der Waals surface area contributed by atoms with Gasteiger partial charge in [0, 0.05) is 13.1 Å². The zero-order chi connectivity index (χ0) is 10.2. The van der Waals surface area contributed by atoms with Crippen molar-refractivity contribution in [1.29, 1.82) is 0 Å². The second kappa shape index (κ2) is 6.75. The molecule has 14 heavy (non-hydrogen) atoms. The van der Waals surface area contributed by atoms with Crippen molar-refractivity contribution in [2.24, 2.45) is 5.90 Å². The lowest BCUT2D eigenvalue weighted by atomic mass is 10.1. The molecule has 82 valence electrons. The number of carbonyl (C=O) groups excluding carboxylic acids is 1. The van der Waals surface area contributed by atoms with Gasteiger partial charge in [0.1, 0.15) is 6.61 Å². The largest absolute Gasteiger partial charge is 0.353 e. The Kier molecular flexibility index (Phi) is 5.51. The molecule has 0 aromatic rings. The highest BCUT2D eigenvalue weighted by atomic mass is 16.6. The van der Waals surface area contributed by atoms with E-state index in [0.29, 0.717) is 6.54 Å². The summed E-state index contributed by atoms with van der Waals surface area (Å²) in [5.74, 6) is 4.62. The molecule has 0 bridgehead atoms. The van der Waals surface area contributed by atoms with Crippen LogP contribution in [0.4, 0.5) is 0 Å². The van der Waals surface area contributed by atoms with E-state index in [-0.39, 0.29) is 12.5 Å². The van der Waals surface area contributed by atoms with Gasteiger partial charge in [-0.1, -0.05) is 6.42 Å². The molecule has 0 radical (unpaired) electrons. The summed E-state index contributed by atoms with van der Waals surface area (Å²) in [4.78, 5) is 17.5. The summed E-state index contributed by atoms with van der Waals surface area (Å²) >= 11 is 0. The molecular formula is C9H19N3O2. The molecule has 3 N–H and O–H groups in total. The van der Waals surface area contributed by atoms with E-state index in [9.17, 15) is 4.79 Å². The van der Waals surface area contributed by atoms with Crippen LogP contribution in [-0.4, -0.2) is 43.6 Å². The van der Waals surface area contributed by atoms with Gasteiger partial charge in [-0.05, 0) is 25.9 Å². The number of carbonyl (C=O) groups is 1. The quantitative estimate of drug-likeness (QED) is 0.587. The van der Waals surface area contributed by atoms with Crippen LogP contribution in [0.5, 0.6) is 0 Å². The van der Waals surface area contributed by atoms with E-state index in [1.165, 1.54) is 19.3 Å². The number of rotatable bonds is 5. The van der Waals surface area contributed by atoms with Gasteiger partial charge in [-0.15, -0.1) is 0 Å². The van der Waals surface area contributed by atoms with Gasteiger partial charge in [-0.3, -0.25) is 9.63 Å². The fraction of sp³-hybridized carbons (Fsp3) is 0.889. The van der Waals surface area contributed by atoms with Gasteiger partial charge in [-0.2, -0.15) is 0 Å². The van der Waals surface area contributed by atoms with Gasteiger partial charge in [0.25, 0.3) is 0 Å². The molecule has 1 rings (SSSR count). The molecule has 0 saturated carbocycles. The smallest absolute Gasteiger partial charge is 0.248 e. The molecule has 1 aliphatic rings. The van der Waals surface area contributed by atoms with Crippen molar-refractivity contribution in [2.45, 2.75) is 19.3 Å². The number of hydrogen-bond acceptors (Lipinski definition) is 4. The average molecular weight is 201 g/mol. The summed E-state index contributed by atoms with van der Waals surface area (Å²) in [5.41, 5.74) is 0. The molecule has 1 aliphatic heterocycles. The fourth-order valence-corrected chi connectivity index (χ4v) is 1.66. The van der Waals surface area contributed by atoms with Gasteiger partial charge >= 0.3 is 0 Å². The Morgan fingerprint density at radius 1 is 1.36 bits per heavy atom. The van der Waals surface area contributed by atoms with E-state index in [4.69, 9.17) is 5.90 Å². The number of amides is 1. The maximum atomic E-state index is 11.0. The Bertz CT molecular complexity index is 169.